The Kier molecular flexibility index (Phi) is 5.16. The molecule has 0 bridgehead atoms. The summed E-state index contributed by atoms with van der Waals surface area (Å²) in [5.41, 5.74) is 0.907. The van der Waals surface area contributed by atoms with Gasteiger partial charge in [-0.25, -0.2) is 0 Å². The van der Waals surface area contributed by atoms with Crippen LogP contribution >= 0.6 is 15.9 Å². The normalized spacial score (nSPS) is 18.1. The van der Waals surface area contributed by atoms with Crippen molar-refractivity contribution in [2.24, 2.45) is 0 Å². The van der Waals surface area contributed by atoms with Gasteiger partial charge in [-0.1, -0.05) is 19.3 Å². The smallest absolute Gasteiger partial charge is 0.305 e. The molecule has 1 fully saturated rings. The number of hydrogen-bond acceptors (Lipinski definition) is 3. The van der Waals surface area contributed by atoms with E-state index in [1.807, 2.05) is 19.3 Å². The van der Waals surface area contributed by atoms with E-state index in [2.05, 4.69) is 25.8 Å². The second-order valence-corrected chi connectivity index (χ2v) is 6.64. The number of rotatable bonds is 5. The fourth-order valence-electron chi connectivity index (χ4n) is 3.17. The number of pyridine rings is 1. The predicted molar refractivity (Wildman–Crippen MR) is 81.5 cm³/mol. The molecule has 0 spiro atoms. The Morgan fingerprint density at radius 2 is 2.10 bits per heavy atom. The highest BCUT2D eigenvalue weighted by atomic mass is 79.9. The van der Waals surface area contributed by atoms with Crippen molar-refractivity contribution in [2.45, 2.75) is 50.6 Å². The molecule has 1 aromatic rings. The van der Waals surface area contributed by atoms with Crippen molar-refractivity contribution >= 4 is 21.9 Å². The molecule has 0 atom stereocenters. The Labute approximate surface area is 128 Å². The summed E-state index contributed by atoms with van der Waals surface area (Å²) in [5.74, 6) is -0.703. The lowest BCUT2D eigenvalue weighted by Gasteiger charge is -2.44. The van der Waals surface area contributed by atoms with Crippen molar-refractivity contribution in [1.29, 1.82) is 0 Å². The van der Waals surface area contributed by atoms with E-state index < -0.39 is 5.97 Å². The Morgan fingerprint density at radius 1 is 1.40 bits per heavy atom. The van der Waals surface area contributed by atoms with E-state index in [4.69, 9.17) is 0 Å². The Bertz CT molecular complexity index is 473. The summed E-state index contributed by atoms with van der Waals surface area (Å²) in [6.07, 6.45) is 9.23. The molecule has 1 N–H and O–H groups in total. The van der Waals surface area contributed by atoms with Gasteiger partial charge in [0.2, 0.25) is 0 Å². The largest absolute Gasteiger partial charge is 0.481 e. The number of carboxylic acids is 1. The van der Waals surface area contributed by atoms with Crippen LogP contribution in [0.3, 0.4) is 0 Å². The fourth-order valence-corrected chi connectivity index (χ4v) is 3.58. The summed E-state index contributed by atoms with van der Waals surface area (Å²) in [6, 6.07) is 2.04. The van der Waals surface area contributed by atoms with Gasteiger partial charge in [0.15, 0.2) is 0 Å². The molecule has 2 rings (SSSR count). The quantitative estimate of drug-likeness (QED) is 0.891. The highest BCUT2D eigenvalue weighted by molar-refractivity contribution is 9.10. The molecule has 1 aromatic heterocycles. The van der Waals surface area contributed by atoms with E-state index in [1.165, 1.54) is 6.42 Å². The average Bonchev–Trinajstić information content (AvgIpc) is 2.39. The van der Waals surface area contributed by atoms with E-state index in [0.29, 0.717) is 0 Å². The minimum Gasteiger partial charge on any atom is -0.481 e. The van der Waals surface area contributed by atoms with Crippen LogP contribution in [0.25, 0.3) is 0 Å². The van der Waals surface area contributed by atoms with Crippen molar-refractivity contribution in [3.8, 4) is 0 Å². The lowest BCUT2D eigenvalue weighted by Crippen LogP contribution is -2.49. The standard InChI is InChI=1S/C15H21BrN2O2/c1-18(11-12-7-13(16)10-17-9-12)15(8-14(19)20)5-3-2-4-6-15/h7,9-10H,2-6,8,11H2,1H3,(H,19,20). The van der Waals surface area contributed by atoms with Gasteiger partial charge in [-0.15, -0.1) is 0 Å². The zero-order valence-corrected chi connectivity index (χ0v) is 13.4. The van der Waals surface area contributed by atoms with E-state index in [1.54, 1.807) is 6.20 Å². The first kappa shape index (κ1) is 15.4. The van der Waals surface area contributed by atoms with Crippen molar-refractivity contribution in [3.63, 3.8) is 0 Å². The van der Waals surface area contributed by atoms with Gasteiger partial charge >= 0.3 is 5.97 Å². The van der Waals surface area contributed by atoms with Gasteiger partial charge in [-0.2, -0.15) is 0 Å². The molecule has 0 saturated heterocycles. The van der Waals surface area contributed by atoms with Crippen LogP contribution in [0.2, 0.25) is 0 Å². The van der Waals surface area contributed by atoms with Gasteiger partial charge in [0.1, 0.15) is 0 Å². The molecule has 1 aliphatic carbocycles. The third-order valence-electron chi connectivity index (χ3n) is 4.26. The number of halogens is 1. The lowest BCUT2D eigenvalue weighted by molar-refractivity contribution is -0.141. The van der Waals surface area contributed by atoms with Gasteiger partial charge in [-0.05, 0) is 47.4 Å². The number of nitrogens with zero attached hydrogens (tertiary/aromatic N) is 2. The Morgan fingerprint density at radius 3 is 2.70 bits per heavy atom. The molecule has 0 radical (unpaired) electrons. The molecule has 1 saturated carbocycles. The van der Waals surface area contributed by atoms with Gasteiger partial charge < -0.3 is 5.11 Å². The maximum absolute atomic E-state index is 11.2. The predicted octanol–water partition coefficient (Wildman–Crippen LogP) is 3.45. The molecule has 0 aliphatic heterocycles. The van der Waals surface area contributed by atoms with E-state index in [0.717, 1.165) is 42.3 Å². The van der Waals surface area contributed by atoms with E-state index in [9.17, 15) is 9.90 Å². The van der Waals surface area contributed by atoms with Crippen molar-refractivity contribution < 1.29 is 9.90 Å². The second kappa shape index (κ2) is 6.68. The highest BCUT2D eigenvalue weighted by Gasteiger charge is 2.37. The summed E-state index contributed by atoms with van der Waals surface area (Å²) in [7, 11) is 2.04. The van der Waals surface area contributed by atoms with Gasteiger partial charge in [-0.3, -0.25) is 14.7 Å². The molecular weight excluding hydrogens is 320 g/mol. The molecule has 5 heteroatoms. The summed E-state index contributed by atoms with van der Waals surface area (Å²) in [6.45, 7) is 0.736. The third kappa shape index (κ3) is 3.79. The minimum atomic E-state index is -0.703. The van der Waals surface area contributed by atoms with E-state index in [-0.39, 0.29) is 12.0 Å². The van der Waals surface area contributed by atoms with Crippen LogP contribution in [0, 0.1) is 0 Å². The SMILES string of the molecule is CN(Cc1cncc(Br)c1)C1(CC(=O)O)CCCCC1. The van der Waals surface area contributed by atoms with Crippen LogP contribution < -0.4 is 0 Å². The van der Waals surface area contributed by atoms with Crippen LogP contribution in [0.15, 0.2) is 22.9 Å². The Hall–Kier alpha value is -0.940. The molecule has 0 unspecified atom stereocenters. The lowest BCUT2D eigenvalue weighted by atomic mass is 9.78. The van der Waals surface area contributed by atoms with Crippen LogP contribution in [-0.4, -0.2) is 33.5 Å². The second-order valence-electron chi connectivity index (χ2n) is 5.72. The van der Waals surface area contributed by atoms with Crippen LogP contribution in [0.5, 0.6) is 0 Å². The van der Waals surface area contributed by atoms with E-state index >= 15 is 0 Å². The molecule has 110 valence electrons. The highest BCUT2D eigenvalue weighted by Crippen LogP contribution is 2.36. The monoisotopic (exact) mass is 340 g/mol. The van der Waals surface area contributed by atoms with Crippen LogP contribution in [0.1, 0.15) is 44.1 Å². The number of carboxylic acid groups (broad SMARTS) is 1. The summed E-state index contributed by atoms with van der Waals surface area (Å²) in [4.78, 5) is 17.6. The number of aromatic nitrogens is 1. The number of hydrogen-bond donors (Lipinski definition) is 1. The fraction of sp³-hybridized carbons (Fsp3) is 0.600. The average molecular weight is 341 g/mol. The molecule has 1 heterocycles. The zero-order chi connectivity index (χ0) is 14.6. The molecule has 0 amide bonds. The maximum Gasteiger partial charge on any atom is 0.305 e. The molecule has 1 aliphatic rings. The van der Waals surface area contributed by atoms with Crippen LogP contribution in [0.4, 0.5) is 0 Å². The molecule has 4 nitrogen and oxygen atoms in total. The topological polar surface area (TPSA) is 53.4 Å². The summed E-state index contributed by atoms with van der Waals surface area (Å²) in [5, 5.41) is 9.24. The third-order valence-corrected chi connectivity index (χ3v) is 4.69. The van der Waals surface area contributed by atoms with Crippen molar-refractivity contribution in [1.82, 2.24) is 9.88 Å². The first-order valence-corrected chi connectivity index (χ1v) is 7.84. The number of carbonyl (C=O) groups is 1. The van der Waals surface area contributed by atoms with Gasteiger partial charge in [0.25, 0.3) is 0 Å². The molecule has 0 aromatic carbocycles. The minimum absolute atomic E-state index is 0.202. The summed E-state index contributed by atoms with van der Waals surface area (Å²) < 4.78 is 0.958. The first-order valence-electron chi connectivity index (χ1n) is 7.04. The van der Waals surface area contributed by atoms with Gasteiger partial charge in [0, 0.05) is 29.0 Å². The van der Waals surface area contributed by atoms with Crippen molar-refractivity contribution in [3.05, 3.63) is 28.5 Å². The molecular formula is C15H21BrN2O2. The number of aliphatic carboxylic acids is 1. The first-order chi connectivity index (χ1) is 9.52. The maximum atomic E-state index is 11.2. The molecule has 20 heavy (non-hydrogen) atoms. The van der Waals surface area contributed by atoms with Crippen LogP contribution in [-0.2, 0) is 11.3 Å². The zero-order valence-electron chi connectivity index (χ0n) is 11.8. The van der Waals surface area contributed by atoms with Crippen molar-refractivity contribution in [2.75, 3.05) is 7.05 Å². The van der Waals surface area contributed by atoms with Gasteiger partial charge in [0.05, 0.1) is 6.42 Å². The Balaban J connectivity index is 2.13. The summed E-state index contributed by atoms with van der Waals surface area (Å²) >= 11 is 3.43.